The molecule has 0 atom stereocenters. The number of pyridine rings is 1. The van der Waals surface area contributed by atoms with Crippen LogP contribution in [0.15, 0.2) is 36.5 Å². The number of hydrogen-bond acceptors (Lipinski definition) is 4. The maximum Gasteiger partial charge on any atom is 0.274 e. The summed E-state index contributed by atoms with van der Waals surface area (Å²) in [7, 11) is 0. The molecule has 1 amide bonds. The number of aryl methyl sites for hydroxylation is 1. The Hall–Kier alpha value is -2.47. The minimum absolute atomic E-state index is 0.222. The van der Waals surface area contributed by atoms with Crippen molar-refractivity contribution in [2.24, 2.45) is 5.84 Å². The van der Waals surface area contributed by atoms with Crippen LogP contribution >= 0.6 is 0 Å². The number of aromatic nitrogens is 1. The highest BCUT2D eigenvalue weighted by Gasteiger charge is 2.08. The van der Waals surface area contributed by atoms with Gasteiger partial charge in [-0.15, -0.1) is 0 Å². The summed E-state index contributed by atoms with van der Waals surface area (Å²) in [5, 5.41) is 2.57. The summed E-state index contributed by atoms with van der Waals surface area (Å²) in [4.78, 5) is 15.8. The Morgan fingerprint density at radius 2 is 2.00 bits per heavy atom. The smallest absolute Gasteiger partial charge is 0.274 e. The summed E-state index contributed by atoms with van der Waals surface area (Å²) in [6.07, 6.45) is 1.44. The zero-order chi connectivity index (χ0) is 13.8. The first-order chi connectivity index (χ1) is 9.10. The van der Waals surface area contributed by atoms with Gasteiger partial charge in [0.05, 0.1) is 11.9 Å². The van der Waals surface area contributed by atoms with E-state index in [0.717, 1.165) is 0 Å². The highest BCUT2D eigenvalue weighted by molar-refractivity contribution is 6.02. The van der Waals surface area contributed by atoms with Gasteiger partial charge in [-0.1, -0.05) is 6.07 Å². The van der Waals surface area contributed by atoms with Crippen molar-refractivity contribution in [3.63, 3.8) is 0 Å². The minimum Gasteiger partial charge on any atom is -0.323 e. The SMILES string of the molecule is Cc1ccc(NC(=O)c2ccc(NN)cn2)cc1F. The highest BCUT2D eigenvalue weighted by Crippen LogP contribution is 2.14. The molecule has 98 valence electrons. The largest absolute Gasteiger partial charge is 0.323 e. The maximum absolute atomic E-state index is 13.3. The summed E-state index contributed by atoms with van der Waals surface area (Å²) < 4.78 is 13.3. The number of nitrogens with one attached hydrogen (secondary N) is 2. The number of nitrogen functional groups attached to an aromatic ring is 1. The van der Waals surface area contributed by atoms with Crippen LogP contribution in [0.4, 0.5) is 15.8 Å². The number of hydrogen-bond donors (Lipinski definition) is 3. The standard InChI is InChI=1S/C13H13FN4O/c1-8-2-3-9(6-11(8)14)17-13(19)12-5-4-10(18-15)7-16-12/h2-7,18H,15H2,1H3,(H,17,19). The van der Waals surface area contributed by atoms with Crippen molar-refractivity contribution in [2.75, 3.05) is 10.7 Å². The van der Waals surface area contributed by atoms with E-state index in [0.29, 0.717) is 16.9 Å². The summed E-state index contributed by atoms with van der Waals surface area (Å²) in [6.45, 7) is 1.65. The number of anilines is 2. The van der Waals surface area contributed by atoms with Crippen LogP contribution in [-0.4, -0.2) is 10.9 Å². The van der Waals surface area contributed by atoms with E-state index in [4.69, 9.17) is 5.84 Å². The lowest BCUT2D eigenvalue weighted by molar-refractivity contribution is 0.102. The average Bonchev–Trinajstić information content (AvgIpc) is 2.43. The molecule has 0 fully saturated rings. The molecular formula is C13H13FN4O. The van der Waals surface area contributed by atoms with E-state index in [9.17, 15) is 9.18 Å². The van der Waals surface area contributed by atoms with Crippen LogP contribution < -0.4 is 16.6 Å². The second-order valence-electron chi connectivity index (χ2n) is 3.99. The van der Waals surface area contributed by atoms with Crippen molar-refractivity contribution in [1.29, 1.82) is 0 Å². The molecular weight excluding hydrogens is 247 g/mol. The molecule has 0 saturated heterocycles. The molecule has 0 radical (unpaired) electrons. The van der Waals surface area contributed by atoms with Gasteiger partial charge in [0, 0.05) is 5.69 Å². The number of nitrogens with zero attached hydrogens (tertiary/aromatic N) is 1. The van der Waals surface area contributed by atoms with Crippen LogP contribution in [0.3, 0.4) is 0 Å². The van der Waals surface area contributed by atoms with Crippen molar-refractivity contribution in [2.45, 2.75) is 6.92 Å². The fraction of sp³-hybridized carbons (Fsp3) is 0.0769. The van der Waals surface area contributed by atoms with Crippen molar-refractivity contribution in [1.82, 2.24) is 4.98 Å². The van der Waals surface area contributed by atoms with Crippen LogP contribution in [-0.2, 0) is 0 Å². The number of rotatable bonds is 3. The topological polar surface area (TPSA) is 80.0 Å². The van der Waals surface area contributed by atoms with E-state index in [-0.39, 0.29) is 11.5 Å². The number of nitrogens with two attached hydrogens (primary N) is 1. The van der Waals surface area contributed by atoms with Crippen LogP contribution in [0.1, 0.15) is 16.1 Å². The van der Waals surface area contributed by atoms with Gasteiger partial charge >= 0.3 is 0 Å². The number of halogens is 1. The summed E-state index contributed by atoms with van der Waals surface area (Å²) in [6, 6.07) is 7.64. The first-order valence-corrected chi connectivity index (χ1v) is 5.60. The Balaban J connectivity index is 2.13. The Kier molecular flexibility index (Phi) is 3.72. The zero-order valence-electron chi connectivity index (χ0n) is 10.3. The van der Waals surface area contributed by atoms with Gasteiger partial charge in [0.25, 0.3) is 5.91 Å². The lowest BCUT2D eigenvalue weighted by atomic mass is 10.2. The summed E-state index contributed by atoms with van der Waals surface area (Å²) in [5.41, 5.74) is 4.14. The van der Waals surface area contributed by atoms with Crippen molar-refractivity contribution in [3.8, 4) is 0 Å². The van der Waals surface area contributed by atoms with E-state index in [1.165, 1.54) is 18.3 Å². The fourth-order valence-electron chi connectivity index (χ4n) is 1.48. The van der Waals surface area contributed by atoms with E-state index in [1.54, 1.807) is 25.1 Å². The lowest BCUT2D eigenvalue weighted by Crippen LogP contribution is -2.14. The third-order valence-electron chi connectivity index (χ3n) is 2.59. The minimum atomic E-state index is -0.410. The first-order valence-electron chi connectivity index (χ1n) is 5.60. The molecule has 0 spiro atoms. The van der Waals surface area contributed by atoms with Gasteiger partial charge in [0.15, 0.2) is 0 Å². The second kappa shape index (κ2) is 5.45. The van der Waals surface area contributed by atoms with Gasteiger partial charge < -0.3 is 10.7 Å². The molecule has 0 unspecified atom stereocenters. The fourth-order valence-corrected chi connectivity index (χ4v) is 1.48. The van der Waals surface area contributed by atoms with Gasteiger partial charge in [-0.3, -0.25) is 10.6 Å². The van der Waals surface area contributed by atoms with E-state index in [1.807, 2.05) is 0 Å². The summed E-state index contributed by atoms with van der Waals surface area (Å²) in [5.74, 6) is 4.42. The first kappa shape index (κ1) is 13.0. The Morgan fingerprint density at radius 1 is 1.26 bits per heavy atom. The number of amides is 1. The van der Waals surface area contributed by atoms with Crippen molar-refractivity contribution < 1.29 is 9.18 Å². The van der Waals surface area contributed by atoms with Gasteiger partial charge in [-0.2, -0.15) is 0 Å². The summed E-state index contributed by atoms with van der Waals surface area (Å²) >= 11 is 0. The van der Waals surface area contributed by atoms with Gasteiger partial charge in [0.2, 0.25) is 0 Å². The lowest BCUT2D eigenvalue weighted by Gasteiger charge is -2.06. The molecule has 6 heteroatoms. The molecule has 5 nitrogen and oxygen atoms in total. The third kappa shape index (κ3) is 3.05. The Bertz CT molecular complexity index is 598. The number of hydrazine groups is 1. The van der Waals surface area contributed by atoms with E-state index < -0.39 is 5.91 Å². The number of carbonyl (C=O) groups excluding carboxylic acids is 1. The van der Waals surface area contributed by atoms with Crippen LogP contribution in [0.25, 0.3) is 0 Å². The van der Waals surface area contributed by atoms with E-state index in [2.05, 4.69) is 15.7 Å². The van der Waals surface area contributed by atoms with Gasteiger partial charge in [-0.05, 0) is 36.8 Å². The predicted octanol–water partition coefficient (Wildman–Crippen LogP) is 2.07. The quantitative estimate of drug-likeness (QED) is 0.583. The highest BCUT2D eigenvalue weighted by atomic mass is 19.1. The molecule has 0 bridgehead atoms. The van der Waals surface area contributed by atoms with Crippen LogP contribution in [0.2, 0.25) is 0 Å². The van der Waals surface area contributed by atoms with Crippen LogP contribution in [0.5, 0.6) is 0 Å². The predicted molar refractivity (Wildman–Crippen MR) is 71.1 cm³/mol. The maximum atomic E-state index is 13.3. The van der Waals surface area contributed by atoms with Crippen LogP contribution in [0, 0.1) is 12.7 Å². The normalized spacial score (nSPS) is 10.1. The molecule has 0 aliphatic rings. The second-order valence-corrected chi connectivity index (χ2v) is 3.99. The Labute approximate surface area is 109 Å². The molecule has 4 N–H and O–H groups in total. The molecule has 0 aliphatic carbocycles. The zero-order valence-corrected chi connectivity index (χ0v) is 10.3. The van der Waals surface area contributed by atoms with Crippen molar-refractivity contribution in [3.05, 3.63) is 53.6 Å². The molecule has 0 aliphatic heterocycles. The molecule has 19 heavy (non-hydrogen) atoms. The molecule has 1 aromatic heterocycles. The molecule has 0 saturated carbocycles. The number of carbonyl (C=O) groups is 1. The third-order valence-corrected chi connectivity index (χ3v) is 2.59. The molecule has 2 aromatic rings. The average molecular weight is 260 g/mol. The monoisotopic (exact) mass is 260 g/mol. The Morgan fingerprint density at radius 3 is 2.58 bits per heavy atom. The molecule has 1 heterocycles. The van der Waals surface area contributed by atoms with Gasteiger partial charge in [0.1, 0.15) is 11.5 Å². The van der Waals surface area contributed by atoms with Crippen molar-refractivity contribution >= 4 is 17.3 Å². The molecule has 2 rings (SSSR count). The van der Waals surface area contributed by atoms with E-state index >= 15 is 0 Å². The van der Waals surface area contributed by atoms with Gasteiger partial charge in [-0.25, -0.2) is 9.37 Å². The molecule has 1 aromatic carbocycles. The number of benzene rings is 1.